The fourth-order valence-corrected chi connectivity index (χ4v) is 1.36. The van der Waals surface area contributed by atoms with E-state index in [-0.39, 0.29) is 5.91 Å². The van der Waals surface area contributed by atoms with Gasteiger partial charge in [-0.2, -0.15) is 0 Å². The average Bonchev–Trinajstić information content (AvgIpc) is 2.12. The highest BCUT2D eigenvalue weighted by atomic mass is 16.5. The Morgan fingerprint density at radius 3 is 3.00 bits per heavy atom. The van der Waals surface area contributed by atoms with E-state index in [1.165, 1.54) is 0 Å². The van der Waals surface area contributed by atoms with Gasteiger partial charge in [-0.05, 0) is 24.6 Å². The molecular formula is C10H11NO2. The van der Waals surface area contributed by atoms with Crippen molar-refractivity contribution in [3.05, 3.63) is 29.3 Å². The van der Waals surface area contributed by atoms with E-state index in [1.807, 2.05) is 25.1 Å². The highest BCUT2D eigenvalue weighted by Crippen LogP contribution is 2.24. The normalized spacial score (nSPS) is 15.2. The maximum Gasteiger partial charge on any atom is 0.259 e. The second-order valence-corrected chi connectivity index (χ2v) is 3.28. The molecule has 0 bridgehead atoms. The molecule has 0 saturated carbocycles. The van der Waals surface area contributed by atoms with Gasteiger partial charge in [-0.15, -0.1) is 0 Å². The van der Waals surface area contributed by atoms with E-state index < -0.39 is 0 Å². The Kier molecular flexibility index (Phi) is 1.72. The van der Waals surface area contributed by atoms with Crippen LogP contribution in [0.3, 0.4) is 0 Å². The minimum Gasteiger partial charge on any atom is -0.472 e. The van der Waals surface area contributed by atoms with Crippen molar-refractivity contribution in [2.75, 3.05) is 13.8 Å². The number of aryl methyl sites for hydroxylation is 1. The predicted molar refractivity (Wildman–Crippen MR) is 48.8 cm³/mol. The molecule has 1 aromatic carbocycles. The molecule has 13 heavy (non-hydrogen) atoms. The second kappa shape index (κ2) is 2.76. The molecule has 0 N–H and O–H groups in total. The van der Waals surface area contributed by atoms with Crippen LogP contribution < -0.4 is 4.74 Å². The number of ether oxygens (including phenoxy) is 1. The van der Waals surface area contributed by atoms with Crippen LogP contribution in [0.25, 0.3) is 0 Å². The minimum absolute atomic E-state index is 0.0289. The molecule has 3 nitrogen and oxygen atoms in total. The standard InChI is InChI=1S/C10H11NO2/c1-7-3-4-8-9(5-7)13-6-11(2)10(8)12/h3-5H,6H2,1-2H3. The molecule has 0 atom stereocenters. The first-order valence-electron chi connectivity index (χ1n) is 4.17. The Hall–Kier alpha value is -1.51. The van der Waals surface area contributed by atoms with E-state index in [1.54, 1.807) is 11.9 Å². The van der Waals surface area contributed by atoms with Crippen LogP contribution in [-0.2, 0) is 0 Å². The van der Waals surface area contributed by atoms with E-state index in [4.69, 9.17) is 4.74 Å². The van der Waals surface area contributed by atoms with Crippen molar-refractivity contribution in [1.29, 1.82) is 0 Å². The zero-order valence-electron chi connectivity index (χ0n) is 7.70. The molecule has 68 valence electrons. The summed E-state index contributed by atoms with van der Waals surface area (Å²) in [6.45, 7) is 2.32. The number of hydrogen-bond acceptors (Lipinski definition) is 2. The van der Waals surface area contributed by atoms with Gasteiger partial charge in [0.25, 0.3) is 5.91 Å². The lowest BCUT2D eigenvalue weighted by atomic mass is 10.1. The molecule has 0 saturated heterocycles. The van der Waals surface area contributed by atoms with Crippen LogP contribution in [0, 0.1) is 6.92 Å². The molecule has 1 heterocycles. The zero-order valence-corrected chi connectivity index (χ0v) is 7.70. The summed E-state index contributed by atoms with van der Waals surface area (Å²) >= 11 is 0. The molecule has 1 aliphatic heterocycles. The Bertz CT molecular complexity index is 360. The van der Waals surface area contributed by atoms with Crippen molar-refractivity contribution in [1.82, 2.24) is 4.90 Å². The molecule has 0 fully saturated rings. The van der Waals surface area contributed by atoms with Crippen molar-refractivity contribution >= 4 is 5.91 Å². The fourth-order valence-electron chi connectivity index (χ4n) is 1.36. The first kappa shape index (κ1) is 8.10. The molecule has 0 radical (unpaired) electrons. The number of fused-ring (bicyclic) bond motifs is 1. The van der Waals surface area contributed by atoms with Crippen molar-refractivity contribution in [3.63, 3.8) is 0 Å². The van der Waals surface area contributed by atoms with E-state index >= 15 is 0 Å². The summed E-state index contributed by atoms with van der Waals surface area (Å²) in [4.78, 5) is 13.1. The van der Waals surface area contributed by atoms with Crippen LogP contribution in [0.2, 0.25) is 0 Å². The number of benzene rings is 1. The molecular weight excluding hydrogens is 166 g/mol. The Balaban J connectivity index is 2.50. The predicted octanol–water partition coefficient (Wildman–Crippen LogP) is 1.42. The van der Waals surface area contributed by atoms with Gasteiger partial charge < -0.3 is 9.64 Å². The topological polar surface area (TPSA) is 29.5 Å². The van der Waals surface area contributed by atoms with Crippen molar-refractivity contribution in [3.8, 4) is 5.75 Å². The van der Waals surface area contributed by atoms with Crippen molar-refractivity contribution in [2.24, 2.45) is 0 Å². The second-order valence-electron chi connectivity index (χ2n) is 3.28. The summed E-state index contributed by atoms with van der Waals surface area (Å²) in [6, 6.07) is 5.61. The molecule has 1 amide bonds. The molecule has 0 aliphatic carbocycles. The quantitative estimate of drug-likeness (QED) is 0.599. The van der Waals surface area contributed by atoms with Crippen molar-refractivity contribution in [2.45, 2.75) is 6.92 Å². The van der Waals surface area contributed by atoms with Crippen LogP contribution in [0.5, 0.6) is 5.75 Å². The molecule has 1 aromatic rings. The van der Waals surface area contributed by atoms with Gasteiger partial charge in [0.15, 0.2) is 6.73 Å². The summed E-state index contributed by atoms with van der Waals surface area (Å²) in [5.41, 5.74) is 1.76. The van der Waals surface area contributed by atoms with E-state index in [2.05, 4.69) is 0 Å². The summed E-state index contributed by atoms with van der Waals surface area (Å²) in [6.07, 6.45) is 0. The molecule has 3 heteroatoms. The summed E-state index contributed by atoms with van der Waals surface area (Å²) in [7, 11) is 1.73. The molecule has 2 rings (SSSR count). The first-order chi connectivity index (χ1) is 6.18. The number of rotatable bonds is 0. The third kappa shape index (κ3) is 1.26. The summed E-state index contributed by atoms with van der Waals surface area (Å²) in [5, 5.41) is 0. The number of carbonyl (C=O) groups excluding carboxylic acids is 1. The van der Waals surface area contributed by atoms with E-state index in [9.17, 15) is 4.79 Å². The maximum atomic E-state index is 11.6. The largest absolute Gasteiger partial charge is 0.472 e. The smallest absolute Gasteiger partial charge is 0.259 e. The number of hydrogen-bond donors (Lipinski definition) is 0. The minimum atomic E-state index is 0.0289. The zero-order chi connectivity index (χ0) is 9.42. The fraction of sp³-hybridized carbons (Fsp3) is 0.300. The Morgan fingerprint density at radius 1 is 1.46 bits per heavy atom. The molecule has 0 aromatic heterocycles. The number of carbonyl (C=O) groups is 1. The lowest BCUT2D eigenvalue weighted by Crippen LogP contribution is -2.35. The number of amides is 1. The third-order valence-corrected chi connectivity index (χ3v) is 2.13. The highest BCUT2D eigenvalue weighted by molar-refractivity contribution is 5.97. The number of nitrogens with zero attached hydrogens (tertiary/aromatic N) is 1. The maximum absolute atomic E-state index is 11.6. The molecule has 0 unspecified atom stereocenters. The van der Waals surface area contributed by atoms with Gasteiger partial charge in [-0.25, -0.2) is 0 Å². The van der Waals surface area contributed by atoms with Gasteiger partial charge in [-0.3, -0.25) is 4.79 Å². The van der Waals surface area contributed by atoms with Gasteiger partial charge in [0.05, 0.1) is 5.56 Å². The van der Waals surface area contributed by atoms with Gasteiger partial charge in [-0.1, -0.05) is 6.07 Å². The lowest BCUT2D eigenvalue weighted by molar-refractivity contribution is 0.0595. The lowest BCUT2D eigenvalue weighted by Gasteiger charge is -2.25. The Labute approximate surface area is 76.9 Å². The van der Waals surface area contributed by atoms with Crippen LogP contribution >= 0.6 is 0 Å². The molecule has 1 aliphatic rings. The van der Waals surface area contributed by atoms with Crippen LogP contribution in [-0.4, -0.2) is 24.6 Å². The Morgan fingerprint density at radius 2 is 2.23 bits per heavy atom. The summed E-state index contributed by atoms with van der Waals surface area (Å²) in [5.74, 6) is 0.726. The van der Waals surface area contributed by atoms with Crippen molar-refractivity contribution < 1.29 is 9.53 Å². The van der Waals surface area contributed by atoms with E-state index in [0.717, 1.165) is 5.56 Å². The van der Waals surface area contributed by atoms with Gasteiger partial charge in [0, 0.05) is 7.05 Å². The first-order valence-corrected chi connectivity index (χ1v) is 4.17. The third-order valence-electron chi connectivity index (χ3n) is 2.13. The van der Waals surface area contributed by atoms with Gasteiger partial charge in [0.1, 0.15) is 5.75 Å². The monoisotopic (exact) mass is 177 g/mol. The molecule has 0 spiro atoms. The van der Waals surface area contributed by atoms with Gasteiger partial charge in [0.2, 0.25) is 0 Å². The van der Waals surface area contributed by atoms with Crippen LogP contribution in [0.4, 0.5) is 0 Å². The van der Waals surface area contributed by atoms with E-state index in [0.29, 0.717) is 18.0 Å². The van der Waals surface area contributed by atoms with Crippen LogP contribution in [0.15, 0.2) is 18.2 Å². The SMILES string of the molecule is Cc1ccc2c(c1)OCN(C)C2=O. The van der Waals surface area contributed by atoms with Gasteiger partial charge >= 0.3 is 0 Å². The van der Waals surface area contributed by atoms with Crippen LogP contribution in [0.1, 0.15) is 15.9 Å². The highest BCUT2D eigenvalue weighted by Gasteiger charge is 2.21. The summed E-state index contributed by atoms with van der Waals surface area (Å²) < 4.78 is 5.39. The average molecular weight is 177 g/mol.